The van der Waals surface area contributed by atoms with E-state index in [1.807, 2.05) is 45.0 Å². The Hall–Kier alpha value is -4.72. The number of ether oxygens (including phenoxy) is 1. The van der Waals surface area contributed by atoms with E-state index in [1.165, 1.54) is 64.1 Å². The third-order valence-corrected chi connectivity index (χ3v) is 8.25. The molecule has 1 fully saturated rings. The first-order valence-corrected chi connectivity index (χ1v) is 15.9. The Balaban J connectivity index is 1.12. The third-order valence-electron chi connectivity index (χ3n) is 7.33. The van der Waals surface area contributed by atoms with Crippen molar-refractivity contribution in [3.05, 3.63) is 90.0 Å². The minimum absolute atomic E-state index is 0.0369. The predicted molar refractivity (Wildman–Crippen MR) is 172 cm³/mol. The standard InChI is InChI=1S/C33H32F4N6O3S/c1-20(2)27-17-24(34)11-16-28(27)43-29(44)18-47-32(43)40-31(45)39-21(3)5-4-6-22-7-9-23(10-8-22)30-38-19-42(41-30)25-12-14-26(15-13-25)46-33(35,36)37/h7-17,19-21H,4-6,18H2,1-3H3,(H,39,45)/b40-32-. The van der Waals surface area contributed by atoms with Gasteiger partial charge in [0.15, 0.2) is 11.0 Å². The number of urea groups is 1. The summed E-state index contributed by atoms with van der Waals surface area (Å²) in [4.78, 5) is 35.3. The fraction of sp³-hybridized carbons (Fsp3) is 0.303. The van der Waals surface area contributed by atoms with E-state index in [1.54, 1.807) is 6.07 Å². The molecule has 0 aliphatic carbocycles. The molecule has 3 aromatic carbocycles. The van der Waals surface area contributed by atoms with E-state index in [4.69, 9.17) is 0 Å². The van der Waals surface area contributed by atoms with Crippen molar-refractivity contribution in [3.63, 3.8) is 0 Å². The average molecular weight is 669 g/mol. The van der Waals surface area contributed by atoms with Gasteiger partial charge < -0.3 is 10.1 Å². The summed E-state index contributed by atoms with van der Waals surface area (Å²) < 4.78 is 56.5. The molecule has 0 saturated carbocycles. The molecule has 4 aromatic rings. The van der Waals surface area contributed by atoms with Gasteiger partial charge in [-0.3, -0.25) is 9.69 Å². The first-order chi connectivity index (χ1) is 22.4. The van der Waals surface area contributed by atoms with E-state index in [-0.39, 0.29) is 34.5 Å². The van der Waals surface area contributed by atoms with Crippen LogP contribution < -0.4 is 15.0 Å². The largest absolute Gasteiger partial charge is 0.573 e. The van der Waals surface area contributed by atoms with Crippen LogP contribution in [0.1, 0.15) is 50.7 Å². The highest BCUT2D eigenvalue weighted by molar-refractivity contribution is 8.15. The number of aromatic nitrogens is 3. The molecule has 47 heavy (non-hydrogen) atoms. The summed E-state index contributed by atoms with van der Waals surface area (Å²) in [7, 11) is 0. The number of hydrogen-bond acceptors (Lipinski definition) is 6. The molecular weight excluding hydrogens is 636 g/mol. The van der Waals surface area contributed by atoms with E-state index >= 15 is 0 Å². The predicted octanol–water partition coefficient (Wildman–Crippen LogP) is 7.65. The maximum Gasteiger partial charge on any atom is 0.573 e. The lowest BCUT2D eigenvalue weighted by molar-refractivity contribution is -0.274. The van der Waals surface area contributed by atoms with Crippen LogP contribution in [0.25, 0.3) is 17.1 Å². The molecule has 3 amide bonds. The number of anilines is 1. The number of carbonyl (C=O) groups is 2. The summed E-state index contributed by atoms with van der Waals surface area (Å²) in [5.74, 6) is -0.359. The van der Waals surface area contributed by atoms with Crippen molar-refractivity contribution >= 4 is 34.6 Å². The fourth-order valence-electron chi connectivity index (χ4n) is 5.03. The molecule has 246 valence electrons. The van der Waals surface area contributed by atoms with Crippen LogP contribution >= 0.6 is 11.8 Å². The number of thioether (sulfide) groups is 1. The SMILES string of the molecule is CC(CCCc1ccc(-c2ncn(-c3ccc(OC(F)(F)F)cc3)n2)cc1)NC(=O)/N=C1\SCC(=O)N1c1ccc(F)cc1C(C)C. The molecule has 2 heterocycles. The van der Waals surface area contributed by atoms with Crippen molar-refractivity contribution in [1.82, 2.24) is 20.1 Å². The lowest BCUT2D eigenvalue weighted by atomic mass is 10.0. The molecule has 1 aliphatic rings. The molecule has 1 unspecified atom stereocenters. The summed E-state index contributed by atoms with van der Waals surface area (Å²) in [6.07, 6.45) is -1.02. The van der Waals surface area contributed by atoms with Gasteiger partial charge in [-0.1, -0.05) is 49.9 Å². The summed E-state index contributed by atoms with van der Waals surface area (Å²) >= 11 is 1.17. The van der Waals surface area contributed by atoms with Crippen molar-refractivity contribution in [2.24, 2.45) is 4.99 Å². The Morgan fingerprint density at radius 2 is 1.79 bits per heavy atom. The zero-order chi connectivity index (χ0) is 33.7. The Kier molecular flexibility index (Phi) is 10.3. The fourth-order valence-corrected chi connectivity index (χ4v) is 5.89. The van der Waals surface area contributed by atoms with Crippen molar-refractivity contribution in [3.8, 4) is 22.8 Å². The highest BCUT2D eigenvalue weighted by Gasteiger charge is 2.33. The van der Waals surface area contributed by atoms with E-state index in [2.05, 4.69) is 25.1 Å². The third kappa shape index (κ3) is 8.76. The smallest absolute Gasteiger partial charge is 0.406 e. The molecule has 0 radical (unpaired) electrons. The highest BCUT2D eigenvalue weighted by Crippen LogP contribution is 2.34. The van der Waals surface area contributed by atoms with Crippen LogP contribution in [0, 0.1) is 5.82 Å². The molecule has 0 bridgehead atoms. The summed E-state index contributed by atoms with van der Waals surface area (Å²) in [6, 6.07) is 16.6. The molecule has 9 nitrogen and oxygen atoms in total. The van der Waals surface area contributed by atoms with Crippen LogP contribution in [0.3, 0.4) is 0 Å². The van der Waals surface area contributed by atoms with Crippen molar-refractivity contribution in [2.45, 2.75) is 58.4 Å². The van der Waals surface area contributed by atoms with Gasteiger partial charge in [-0.2, -0.15) is 4.99 Å². The van der Waals surface area contributed by atoms with Gasteiger partial charge in [-0.25, -0.2) is 18.9 Å². The number of nitrogens with zero attached hydrogens (tertiary/aromatic N) is 5. The molecule has 5 rings (SSSR count). The Morgan fingerprint density at radius 1 is 1.06 bits per heavy atom. The summed E-state index contributed by atoms with van der Waals surface area (Å²) in [5.41, 5.74) is 3.59. The Labute approximate surface area is 273 Å². The molecule has 1 atom stereocenters. The Bertz CT molecular complexity index is 1760. The van der Waals surface area contributed by atoms with Crippen LogP contribution in [0.15, 0.2) is 78.0 Å². The van der Waals surface area contributed by atoms with E-state index in [0.29, 0.717) is 29.2 Å². The number of aliphatic imine (C=N–C) groups is 1. The second-order valence-electron chi connectivity index (χ2n) is 11.3. The van der Waals surface area contributed by atoms with E-state index in [0.717, 1.165) is 24.0 Å². The molecule has 14 heteroatoms. The maximum absolute atomic E-state index is 13.9. The minimum atomic E-state index is -4.76. The van der Waals surface area contributed by atoms with Gasteiger partial charge in [0.1, 0.15) is 17.9 Å². The van der Waals surface area contributed by atoms with Gasteiger partial charge in [0, 0.05) is 11.6 Å². The number of amides is 3. The lowest BCUT2D eigenvalue weighted by Crippen LogP contribution is -2.34. The molecule has 1 saturated heterocycles. The molecule has 1 aromatic heterocycles. The first kappa shape index (κ1) is 33.6. The summed E-state index contributed by atoms with van der Waals surface area (Å²) in [6.45, 7) is 5.71. The van der Waals surface area contributed by atoms with E-state index in [9.17, 15) is 27.2 Å². The van der Waals surface area contributed by atoms with Gasteiger partial charge in [0.2, 0.25) is 5.91 Å². The Morgan fingerprint density at radius 3 is 2.47 bits per heavy atom. The quantitative estimate of drug-likeness (QED) is 0.174. The molecule has 0 spiro atoms. The van der Waals surface area contributed by atoms with E-state index < -0.39 is 18.2 Å². The number of benzene rings is 3. The number of amidine groups is 1. The number of hydrogen-bond donors (Lipinski definition) is 1. The zero-order valence-electron chi connectivity index (χ0n) is 25.8. The number of aryl methyl sites for hydroxylation is 1. The molecule has 1 N–H and O–H groups in total. The van der Waals surface area contributed by atoms with Gasteiger partial charge in [-0.05, 0) is 85.7 Å². The van der Waals surface area contributed by atoms with Crippen molar-refractivity contribution in [1.29, 1.82) is 0 Å². The number of nitrogens with one attached hydrogen (secondary N) is 1. The van der Waals surface area contributed by atoms with Gasteiger partial charge in [-0.15, -0.1) is 18.3 Å². The topological polar surface area (TPSA) is 102 Å². The van der Waals surface area contributed by atoms with Crippen LogP contribution in [0.5, 0.6) is 5.75 Å². The van der Waals surface area contributed by atoms with Crippen molar-refractivity contribution in [2.75, 3.05) is 10.7 Å². The second kappa shape index (κ2) is 14.4. The number of carbonyl (C=O) groups excluding carboxylic acids is 2. The van der Waals surface area contributed by atoms with Crippen LogP contribution in [-0.2, 0) is 11.2 Å². The van der Waals surface area contributed by atoms with Gasteiger partial charge in [0.05, 0.1) is 17.1 Å². The zero-order valence-corrected chi connectivity index (χ0v) is 26.6. The first-order valence-electron chi connectivity index (χ1n) is 14.9. The van der Waals surface area contributed by atoms with Crippen LogP contribution in [-0.4, -0.2) is 50.0 Å². The van der Waals surface area contributed by atoms with Gasteiger partial charge in [0.25, 0.3) is 0 Å². The number of alkyl halides is 3. The second-order valence-corrected chi connectivity index (χ2v) is 12.2. The summed E-state index contributed by atoms with van der Waals surface area (Å²) in [5, 5.41) is 7.57. The van der Waals surface area contributed by atoms with Crippen LogP contribution in [0.2, 0.25) is 0 Å². The van der Waals surface area contributed by atoms with Crippen molar-refractivity contribution < 1.29 is 31.9 Å². The minimum Gasteiger partial charge on any atom is -0.406 e. The normalized spacial score (nSPS) is 15.0. The molecular formula is C33H32F4N6O3S. The highest BCUT2D eigenvalue weighted by atomic mass is 32.2. The number of rotatable bonds is 10. The average Bonchev–Trinajstić information content (AvgIpc) is 3.64. The molecule has 1 aliphatic heterocycles. The lowest BCUT2D eigenvalue weighted by Gasteiger charge is -2.21. The maximum atomic E-state index is 13.9. The van der Waals surface area contributed by atoms with Crippen LogP contribution in [0.4, 0.5) is 28.0 Å². The monoisotopic (exact) mass is 668 g/mol. The number of halogens is 4. The van der Waals surface area contributed by atoms with Gasteiger partial charge >= 0.3 is 12.4 Å².